The van der Waals surface area contributed by atoms with Gasteiger partial charge in [-0.3, -0.25) is 9.10 Å². The van der Waals surface area contributed by atoms with Crippen molar-refractivity contribution in [1.82, 2.24) is 10.2 Å². The summed E-state index contributed by atoms with van der Waals surface area (Å²) in [5.74, 6) is -0.274. The van der Waals surface area contributed by atoms with Gasteiger partial charge >= 0.3 is 0 Å². The Hall–Kier alpha value is -2.38. The Labute approximate surface area is 160 Å². The van der Waals surface area contributed by atoms with E-state index in [1.165, 1.54) is 10.4 Å². The number of hydrogen-bond donors (Lipinski definition) is 1. The van der Waals surface area contributed by atoms with Gasteiger partial charge in [0.15, 0.2) is 0 Å². The summed E-state index contributed by atoms with van der Waals surface area (Å²) in [7, 11) is 0.104. The fourth-order valence-corrected chi connectivity index (χ4v) is 5.05. The van der Waals surface area contributed by atoms with E-state index in [0.717, 1.165) is 5.56 Å². The van der Waals surface area contributed by atoms with Crippen LogP contribution in [0.5, 0.6) is 0 Å². The summed E-state index contributed by atoms with van der Waals surface area (Å²) in [6, 6.07) is 13.6. The number of fused-ring (bicyclic) bond motifs is 1. The number of sulfonamides is 1. The van der Waals surface area contributed by atoms with Gasteiger partial charge in [0.2, 0.25) is 0 Å². The quantitative estimate of drug-likeness (QED) is 0.824. The summed E-state index contributed by atoms with van der Waals surface area (Å²) < 4.78 is 28.0. The fourth-order valence-electron chi connectivity index (χ4n) is 3.31. The van der Waals surface area contributed by atoms with Crippen LogP contribution < -0.4 is 9.62 Å². The number of amides is 1. The molecule has 1 unspecified atom stereocenters. The standard InChI is InChI=1S/C20H25N3O3S/c1-15-13-16-7-4-5-10-19(16)23(15)27(25,26)18-9-6-8-17(14-18)20(24)21-11-12-22(2)3/h4-10,14-15H,11-13H2,1-3H3,(H,21,24). The molecule has 0 aliphatic carbocycles. The molecule has 0 bridgehead atoms. The minimum Gasteiger partial charge on any atom is -0.351 e. The predicted molar refractivity (Wildman–Crippen MR) is 107 cm³/mol. The van der Waals surface area contributed by atoms with Crippen molar-refractivity contribution in [1.29, 1.82) is 0 Å². The Bertz CT molecular complexity index is 941. The molecule has 2 aromatic rings. The van der Waals surface area contributed by atoms with Crippen LogP contribution in [0.15, 0.2) is 53.4 Å². The summed E-state index contributed by atoms with van der Waals surface area (Å²) in [6.45, 7) is 3.11. The van der Waals surface area contributed by atoms with Crippen molar-refractivity contribution >= 4 is 21.6 Å². The number of nitrogens with one attached hydrogen (secondary N) is 1. The number of hydrogen-bond acceptors (Lipinski definition) is 4. The Morgan fingerprint density at radius 2 is 1.93 bits per heavy atom. The molecule has 1 aliphatic heterocycles. The maximum Gasteiger partial charge on any atom is 0.264 e. The van der Waals surface area contributed by atoms with Gasteiger partial charge < -0.3 is 10.2 Å². The van der Waals surface area contributed by atoms with Gasteiger partial charge in [-0.05, 0) is 57.3 Å². The van der Waals surface area contributed by atoms with Crippen LogP contribution in [-0.2, 0) is 16.4 Å². The fraction of sp³-hybridized carbons (Fsp3) is 0.350. The molecule has 0 aromatic heterocycles. The van der Waals surface area contributed by atoms with Gasteiger partial charge in [-0.15, -0.1) is 0 Å². The minimum absolute atomic E-state index is 0.131. The van der Waals surface area contributed by atoms with Crippen molar-refractivity contribution in [2.75, 3.05) is 31.5 Å². The number of carbonyl (C=O) groups is 1. The maximum absolute atomic E-state index is 13.3. The SMILES string of the molecule is CC1Cc2ccccc2N1S(=O)(=O)c1cccc(C(=O)NCCN(C)C)c1. The predicted octanol–water partition coefficient (Wildman–Crippen LogP) is 2.12. The number of benzene rings is 2. The number of anilines is 1. The molecule has 2 aromatic carbocycles. The van der Waals surface area contributed by atoms with Crippen LogP contribution in [0.2, 0.25) is 0 Å². The molecule has 7 heteroatoms. The first-order valence-corrected chi connectivity index (χ1v) is 10.4. The van der Waals surface area contributed by atoms with Gasteiger partial charge in [-0.1, -0.05) is 24.3 Å². The smallest absolute Gasteiger partial charge is 0.264 e. The third-order valence-electron chi connectivity index (χ3n) is 4.64. The highest BCUT2D eigenvalue weighted by Crippen LogP contribution is 2.36. The van der Waals surface area contributed by atoms with E-state index in [9.17, 15) is 13.2 Å². The first-order chi connectivity index (χ1) is 12.8. The van der Waals surface area contributed by atoms with Crippen molar-refractivity contribution in [3.05, 3.63) is 59.7 Å². The molecule has 1 heterocycles. The van der Waals surface area contributed by atoms with Gasteiger partial charge in [0.05, 0.1) is 10.6 Å². The lowest BCUT2D eigenvalue weighted by Crippen LogP contribution is -2.36. The molecule has 0 saturated heterocycles. The van der Waals surface area contributed by atoms with E-state index in [0.29, 0.717) is 30.8 Å². The highest BCUT2D eigenvalue weighted by atomic mass is 32.2. The second-order valence-electron chi connectivity index (χ2n) is 7.07. The molecule has 144 valence electrons. The molecule has 27 heavy (non-hydrogen) atoms. The number of nitrogens with zero attached hydrogens (tertiary/aromatic N) is 2. The van der Waals surface area contributed by atoms with Crippen LogP contribution in [0.3, 0.4) is 0 Å². The van der Waals surface area contributed by atoms with E-state index in [1.807, 2.05) is 50.2 Å². The van der Waals surface area contributed by atoms with Crippen LogP contribution >= 0.6 is 0 Å². The van der Waals surface area contributed by atoms with Crippen LogP contribution in [0.4, 0.5) is 5.69 Å². The zero-order chi connectivity index (χ0) is 19.6. The van der Waals surface area contributed by atoms with Crippen molar-refractivity contribution in [3.63, 3.8) is 0 Å². The van der Waals surface area contributed by atoms with E-state index < -0.39 is 10.0 Å². The van der Waals surface area contributed by atoms with Crippen LogP contribution in [-0.4, -0.2) is 52.5 Å². The molecule has 1 amide bonds. The van der Waals surface area contributed by atoms with Crippen LogP contribution in [0.1, 0.15) is 22.8 Å². The summed E-state index contributed by atoms with van der Waals surface area (Å²) >= 11 is 0. The summed E-state index contributed by atoms with van der Waals surface area (Å²) in [5.41, 5.74) is 2.08. The third kappa shape index (κ3) is 3.99. The van der Waals surface area contributed by atoms with Crippen LogP contribution in [0, 0.1) is 0 Å². The van der Waals surface area contributed by atoms with Crippen molar-refractivity contribution in [2.24, 2.45) is 0 Å². The number of likely N-dealkylation sites (N-methyl/N-ethyl adjacent to an activating group) is 1. The largest absolute Gasteiger partial charge is 0.351 e. The first kappa shape index (κ1) is 19.4. The maximum atomic E-state index is 13.3. The molecule has 0 radical (unpaired) electrons. The van der Waals surface area contributed by atoms with Crippen molar-refractivity contribution in [2.45, 2.75) is 24.3 Å². The molecule has 1 atom stereocenters. The summed E-state index contributed by atoms with van der Waals surface area (Å²) in [5, 5.41) is 2.81. The third-order valence-corrected chi connectivity index (χ3v) is 6.57. The Morgan fingerprint density at radius 3 is 2.67 bits per heavy atom. The molecular formula is C20H25N3O3S. The van der Waals surface area contributed by atoms with Crippen molar-refractivity contribution in [3.8, 4) is 0 Å². The number of carbonyl (C=O) groups excluding carboxylic acids is 1. The monoisotopic (exact) mass is 387 g/mol. The number of para-hydroxylation sites is 1. The Balaban J connectivity index is 1.87. The second kappa shape index (κ2) is 7.70. The topological polar surface area (TPSA) is 69.7 Å². The highest BCUT2D eigenvalue weighted by molar-refractivity contribution is 7.92. The lowest BCUT2D eigenvalue weighted by Gasteiger charge is -2.24. The van der Waals surface area contributed by atoms with Gasteiger partial charge in [-0.25, -0.2) is 8.42 Å². The van der Waals surface area contributed by atoms with Crippen LogP contribution in [0.25, 0.3) is 0 Å². The number of rotatable bonds is 6. The lowest BCUT2D eigenvalue weighted by molar-refractivity contribution is 0.0951. The van der Waals surface area contributed by atoms with Gasteiger partial charge in [-0.2, -0.15) is 0 Å². The molecule has 3 rings (SSSR count). The molecule has 1 N–H and O–H groups in total. The average molecular weight is 388 g/mol. The molecule has 6 nitrogen and oxygen atoms in total. The first-order valence-electron chi connectivity index (χ1n) is 8.96. The van der Waals surface area contributed by atoms with Crippen molar-refractivity contribution < 1.29 is 13.2 Å². The zero-order valence-electron chi connectivity index (χ0n) is 15.8. The molecule has 0 saturated carbocycles. The van der Waals surface area contributed by atoms with E-state index in [2.05, 4.69) is 5.32 Å². The Morgan fingerprint density at radius 1 is 1.19 bits per heavy atom. The molecular weight excluding hydrogens is 362 g/mol. The van der Waals surface area contributed by atoms with E-state index in [-0.39, 0.29) is 16.8 Å². The van der Waals surface area contributed by atoms with E-state index >= 15 is 0 Å². The zero-order valence-corrected chi connectivity index (χ0v) is 16.7. The highest BCUT2D eigenvalue weighted by Gasteiger charge is 2.36. The molecule has 0 fully saturated rings. The second-order valence-corrected chi connectivity index (χ2v) is 8.88. The van der Waals surface area contributed by atoms with E-state index in [4.69, 9.17) is 0 Å². The minimum atomic E-state index is -3.75. The lowest BCUT2D eigenvalue weighted by atomic mass is 10.1. The van der Waals surface area contributed by atoms with Gasteiger partial charge in [0.1, 0.15) is 0 Å². The van der Waals surface area contributed by atoms with Gasteiger partial charge in [0.25, 0.3) is 15.9 Å². The average Bonchev–Trinajstić information content (AvgIpc) is 2.97. The van der Waals surface area contributed by atoms with Gasteiger partial charge in [0, 0.05) is 24.7 Å². The summed E-state index contributed by atoms with van der Waals surface area (Å²) in [6.07, 6.45) is 0.681. The summed E-state index contributed by atoms with van der Waals surface area (Å²) in [4.78, 5) is 14.4. The molecule has 1 aliphatic rings. The van der Waals surface area contributed by atoms with E-state index in [1.54, 1.807) is 18.2 Å². The Kier molecular flexibility index (Phi) is 5.53. The molecule has 0 spiro atoms. The normalized spacial score (nSPS) is 16.4.